The quantitative estimate of drug-likeness (QED) is 0.246. The fourth-order valence-corrected chi connectivity index (χ4v) is 2.51. The maximum atomic E-state index is 12.9. The van der Waals surface area contributed by atoms with Gasteiger partial charge in [-0.15, -0.1) is 0 Å². The highest BCUT2D eigenvalue weighted by Crippen LogP contribution is 2.24. The first-order valence-electron chi connectivity index (χ1n) is 8.37. The van der Waals surface area contributed by atoms with Gasteiger partial charge in [0.25, 0.3) is 5.69 Å². The first-order valence-corrected chi connectivity index (χ1v) is 8.37. The summed E-state index contributed by atoms with van der Waals surface area (Å²) < 4.78 is 24.0. The molecule has 3 rings (SSSR count). The van der Waals surface area contributed by atoms with E-state index < -0.39 is 10.7 Å². The molecule has 0 fully saturated rings. The van der Waals surface area contributed by atoms with Crippen LogP contribution < -0.4 is 4.74 Å². The molecule has 0 bridgehead atoms. The molecule has 0 saturated carbocycles. The maximum Gasteiger partial charge on any atom is 0.272 e. The molecule has 0 spiro atoms. The van der Waals surface area contributed by atoms with E-state index in [1.807, 2.05) is 0 Å². The second kappa shape index (κ2) is 8.30. The molecule has 3 aromatic rings. The van der Waals surface area contributed by atoms with Crippen LogP contribution in [0.4, 0.5) is 10.1 Å². The second-order valence-electron chi connectivity index (χ2n) is 6.00. The number of aryl methyl sites for hydroxylation is 1. The van der Waals surface area contributed by atoms with Gasteiger partial charge in [0.2, 0.25) is 0 Å². The van der Waals surface area contributed by atoms with Crippen LogP contribution in [-0.2, 0) is 6.61 Å². The zero-order valence-electron chi connectivity index (χ0n) is 14.9. The van der Waals surface area contributed by atoms with Gasteiger partial charge in [-0.1, -0.05) is 0 Å². The largest absolute Gasteiger partial charge is 0.486 e. The highest BCUT2D eigenvalue weighted by atomic mass is 19.1. The summed E-state index contributed by atoms with van der Waals surface area (Å²) in [4.78, 5) is 22.4. The van der Waals surface area contributed by atoms with Crippen molar-refractivity contribution in [2.45, 2.75) is 13.5 Å². The molecule has 0 unspecified atom stereocenters. The molecule has 2 aromatic carbocycles. The van der Waals surface area contributed by atoms with E-state index in [1.165, 1.54) is 48.6 Å². The number of hydrogen-bond acceptors (Lipinski definition) is 5. The Morgan fingerprint density at radius 1 is 1.18 bits per heavy atom. The van der Waals surface area contributed by atoms with Gasteiger partial charge in [-0.3, -0.25) is 14.9 Å². The van der Waals surface area contributed by atoms with Crippen molar-refractivity contribution in [3.8, 4) is 5.75 Å². The fourth-order valence-electron chi connectivity index (χ4n) is 2.51. The van der Waals surface area contributed by atoms with Crippen LogP contribution in [0.3, 0.4) is 0 Å². The van der Waals surface area contributed by atoms with Gasteiger partial charge in [0.05, 0.1) is 4.92 Å². The van der Waals surface area contributed by atoms with Gasteiger partial charge < -0.3 is 9.15 Å². The molecule has 6 nitrogen and oxygen atoms in total. The number of hydrogen-bond donors (Lipinski definition) is 0. The van der Waals surface area contributed by atoms with E-state index in [0.717, 1.165) is 0 Å². The molecule has 7 heteroatoms. The standard InChI is InChI=1S/C21H16FNO5/c1-14-12-18(8-10-20(14)23(25)26)27-13-19-7-6-17(28-19)9-11-21(24)15-2-4-16(22)5-3-15/h2-12H,13H2,1H3/b11-9+. The summed E-state index contributed by atoms with van der Waals surface area (Å²) >= 11 is 0. The van der Waals surface area contributed by atoms with Crippen molar-refractivity contribution >= 4 is 17.5 Å². The summed E-state index contributed by atoms with van der Waals surface area (Å²) in [7, 11) is 0. The highest BCUT2D eigenvalue weighted by Gasteiger charge is 2.11. The molecular formula is C21H16FNO5. The molecule has 0 aliphatic rings. The first-order chi connectivity index (χ1) is 13.4. The van der Waals surface area contributed by atoms with E-state index in [-0.39, 0.29) is 18.1 Å². The van der Waals surface area contributed by atoms with E-state index in [9.17, 15) is 19.3 Å². The summed E-state index contributed by atoms with van der Waals surface area (Å²) in [6.07, 6.45) is 2.86. The smallest absolute Gasteiger partial charge is 0.272 e. The summed E-state index contributed by atoms with van der Waals surface area (Å²) in [5.41, 5.74) is 0.912. The molecule has 0 N–H and O–H groups in total. The Balaban J connectivity index is 1.59. The number of ketones is 1. The van der Waals surface area contributed by atoms with Crippen LogP contribution in [0, 0.1) is 22.9 Å². The van der Waals surface area contributed by atoms with Crippen LogP contribution in [0.1, 0.15) is 27.4 Å². The highest BCUT2D eigenvalue weighted by molar-refractivity contribution is 6.06. The van der Waals surface area contributed by atoms with Crippen LogP contribution in [-0.4, -0.2) is 10.7 Å². The van der Waals surface area contributed by atoms with Crippen LogP contribution in [0.15, 0.2) is 65.1 Å². The molecule has 142 valence electrons. The third kappa shape index (κ3) is 4.70. The molecule has 1 heterocycles. The van der Waals surface area contributed by atoms with E-state index in [4.69, 9.17) is 9.15 Å². The first kappa shape index (κ1) is 19.0. The van der Waals surface area contributed by atoms with E-state index in [0.29, 0.717) is 28.4 Å². The molecule has 0 amide bonds. The van der Waals surface area contributed by atoms with Crippen LogP contribution in [0.5, 0.6) is 5.75 Å². The van der Waals surface area contributed by atoms with Gasteiger partial charge in [0, 0.05) is 17.2 Å². The zero-order chi connectivity index (χ0) is 20.1. The number of nitro benzene ring substituents is 1. The number of furan rings is 1. The number of benzene rings is 2. The van der Waals surface area contributed by atoms with Gasteiger partial charge in [0.15, 0.2) is 5.78 Å². The third-order valence-corrected chi connectivity index (χ3v) is 3.96. The summed E-state index contributed by atoms with van der Waals surface area (Å²) in [6, 6.07) is 13.2. The fraction of sp³-hybridized carbons (Fsp3) is 0.0952. The van der Waals surface area contributed by atoms with E-state index >= 15 is 0 Å². The van der Waals surface area contributed by atoms with Gasteiger partial charge >= 0.3 is 0 Å². The van der Waals surface area contributed by atoms with Crippen molar-refractivity contribution in [3.05, 3.63) is 99.3 Å². The Bertz CT molecular complexity index is 1040. The average Bonchev–Trinajstić information content (AvgIpc) is 3.12. The van der Waals surface area contributed by atoms with Crippen molar-refractivity contribution < 1.29 is 23.3 Å². The third-order valence-electron chi connectivity index (χ3n) is 3.96. The SMILES string of the molecule is Cc1cc(OCc2ccc(/C=C/C(=O)c3ccc(F)cc3)o2)ccc1[N+](=O)[O-]. The number of carbonyl (C=O) groups excluding carboxylic acids is 1. The Hall–Kier alpha value is -3.74. The lowest BCUT2D eigenvalue weighted by molar-refractivity contribution is -0.385. The van der Waals surface area contributed by atoms with Gasteiger partial charge in [0.1, 0.15) is 29.7 Å². The van der Waals surface area contributed by atoms with Crippen molar-refractivity contribution in [3.63, 3.8) is 0 Å². The number of nitro groups is 1. The van der Waals surface area contributed by atoms with Gasteiger partial charge in [-0.2, -0.15) is 0 Å². The molecule has 0 atom stereocenters. The van der Waals surface area contributed by atoms with Crippen molar-refractivity contribution in [2.24, 2.45) is 0 Å². The monoisotopic (exact) mass is 381 g/mol. The van der Waals surface area contributed by atoms with Crippen molar-refractivity contribution in [1.29, 1.82) is 0 Å². The minimum atomic E-state index is -0.447. The topological polar surface area (TPSA) is 82.6 Å². The average molecular weight is 381 g/mol. The summed E-state index contributed by atoms with van der Waals surface area (Å²) in [6.45, 7) is 1.77. The molecular weight excluding hydrogens is 365 g/mol. The molecule has 0 saturated heterocycles. The number of allylic oxidation sites excluding steroid dienone is 1. The Morgan fingerprint density at radius 3 is 2.61 bits per heavy atom. The Labute approximate surface area is 160 Å². The number of ether oxygens (including phenoxy) is 1. The van der Waals surface area contributed by atoms with Gasteiger partial charge in [-0.25, -0.2) is 4.39 Å². The van der Waals surface area contributed by atoms with Crippen molar-refractivity contribution in [1.82, 2.24) is 0 Å². The Kier molecular flexibility index (Phi) is 5.64. The molecule has 28 heavy (non-hydrogen) atoms. The van der Waals surface area contributed by atoms with Crippen LogP contribution in [0.2, 0.25) is 0 Å². The van der Waals surface area contributed by atoms with E-state index in [2.05, 4.69) is 0 Å². The zero-order valence-corrected chi connectivity index (χ0v) is 14.9. The van der Waals surface area contributed by atoms with Crippen LogP contribution in [0.25, 0.3) is 6.08 Å². The molecule has 0 aliphatic heterocycles. The number of halogens is 1. The molecule has 0 radical (unpaired) electrons. The molecule has 1 aromatic heterocycles. The number of nitrogens with zero attached hydrogens (tertiary/aromatic N) is 1. The number of carbonyl (C=O) groups is 1. The van der Waals surface area contributed by atoms with Crippen LogP contribution >= 0.6 is 0 Å². The normalized spacial score (nSPS) is 10.9. The summed E-state index contributed by atoms with van der Waals surface area (Å²) in [5, 5.41) is 10.8. The summed E-state index contributed by atoms with van der Waals surface area (Å²) in [5.74, 6) is 0.817. The minimum absolute atomic E-state index is 0.0311. The molecule has 0 aliphatic carbocycles. The van der Waals surface area contributed by atoms with Crippen molar-refractivity contribution in [2.75, 3.05) is 0 Å². The Morgan fingerprint density at radius 2 is 1.93 bits per heavy atom. The number of rotatable bonds is 7. The lowest BCUT2D eigenvalue weighted by Gasteiger charge is -2.05. The lowest BCUT2D eigenvalue weighted by atomic mass is 10.1. The minimum Gasteiger partial charge on any atom is -0.486 e. The second-order valence-corrected chi connectivity index (χ2v) is 6.00. The van der Waals surface area contributed by atoms with E-state index in [1.54, 1.807) is 25.1 Å². The predicted octanol–water partition coefficient (Wildman–Crippen LogP) is 5.11. The lowest BCUT2D eigenvalue weighted by Crippen LogP contribution is -1.96. The predicted molar refractivity (Wildman–Crippen MR) is 101 cm³/mol. The maximum absolute atomic E-state index is 12.9. The van der Waals surface area contributed by atoms with Gasteiger partial charge in [-0.05, 0) is 67.6 Å².